The lowest BCUT2D eigenvalue weighted by atomic mass is 9.91. The van der Waals surface area contributed by atoms with E-state index in [1.54, 1.807) is 0 Å². The summed E-state index contributed by atoms with van der Waals surface area (Å²) in [5.74, 6) is 0. The summed E-state index contributed by atoms with van der Waals surface area (Å²) in [7, 11) is 0. The summed E-state index contributed by atoms with van der Waals surface area (Å²) in [6.07, 6.45) is 6.87. The van der Waals surface area contributed by atoms with Crippen LogP contribution in [0.3, 0.4) is 0 Å². The van der Waals surface area contributed by atoms with Crippen LogP contribution in [0.25, 0.3) is 5.57 Å². The highest BCUT2D eigenvalue weighted by Gasteiger charge is 2.07. The minimum atomic E-state index is 1.18. The van der Waals surface area contributed by atoms with Gasteiger partial charge in [0.25, 0.3) is 0 Å². The summed E-state index contributed by atoms with van der Waals surface area (Å²) in [5, 5.41) is 0. The van der Waals surface area contributed by atoms with Gasteiger partial charge in [-0.3, -0.25) is 0 Å². The smallest absolute Gasteiger partial charge is 0.0219 e. The molecular formula is C15H18. The van der Waals surface area contributed by atoms with E-state index in [-0.39, 0.29) is 0 Å². The second-order valence-corrected chi connectivity index (χ2v) is 4.40. The maximum absolute atomic E-state index is 2.31. The average molecular weight is 198 g/mol. The zero-order chi connectivity index (χ0) is 10.8. The van der Waals surface area contributed by atoms with Gasteiger partial charge in [-0.15, -0.1) is 0 Å². The molecule has 0 bridgehead atoms. The molecule has 1 aromatic rings. The van der Waals surface area contributed by atoms with E-state index in [1.807, 2.05) is 0 Å². The van der Waals surface area contributed by atoms with Crippen molar-refractivity contribution >= 4 is 5.57 Å². The molecule has 15 heavy (non-hydrogen) atoms. The van der Waals surface area contributed by atoms with E-state index in [1.165, 1.54) is 40.7 Å². The zero-order valence-electron chi connectivity index (χ0n) is 9.80. The maximum Gasteiger partial charge on any atom is -0.0219 e. The van der Waals surface area contributed by atoms with E-state index in [2.05, 4.69) is 51.1 Å². The fraction of sp³-hybridized carbons (Fsp3) is 0.333. The highest BCUT2D eigenvalue weighted by atomic mass is 14.1. The number of rotatable bonds is 1. The van der Waals surface area contributed by atoms with Gasteiger partial charge in [-0.1, -0.05) is 30.4 Å². The first-order chi connectivity index (χ1) is 7.18. The number of hydrogen-bond donors (Lipinski definition) is 0. The Morgan fingerprint density at radius 3 is 2.47 bits per heavy atom. The Hall–Kier alpha value is -1.30. The SMILES string of the molecule is CC1=C(c2ccc(C)c(C)c2)CCC=C1. The van der Waals surface area contributed by atoms with Crippen LogP contribution in [0.15, 0.2) is 35.9 Å². The first-order valence-electron chi connectivity index (χ1n) is 5.62. The average Bonchev–Trinajstić information content (AvgIpc) is 2.23. The van der Waals surface area contributed by atoms with Crippen LogP contribution < -0.4 is 0 Å². The fourth-order valence-electron chi connectivity index (χ4n) is 2.09. The van der Waals surface area contributed by atoms with Crippen molar-refractivity contribution < 1.29 is 0 Å². The molecule has 1 aliphatic rings. The Morgan fingerprint density at radius 1 is 1.00 bits per heavy atom. The largest absolute Gasteiger partial charge is 0.0839 e. The van der Waals surface area contributed by atoms with Crippen molar-refractivity contribution in [2.75, 3.05) is 0 Å². The van der Waals surface area contributed by atoms with Crippen LogP contribution in [0.5, 0.6) is 0 Å². The quantitative estimate of drug-likeness (QED) is 0.626. The number of hydrogen-bond acceptors (Lipinski definition) is 0. The Bertz CT molecular complexity index is 433. The maximum atomic E-state index is 2.31. The lowest BCUT2D eigenvalue weighted by Crippen LogP contribution is -1.93. The number of aryl methyl sites for hydroxylation is 2. The number of benzene rings is 1. The molecule has 0 nitrogen and oxygen atoms in total. The van der Waals surface area contributed by atoms with Gasteiger partial charge in [-0.05, 0) is 61.4 Å². The van der Waals surface area contributed by atoms with Crippen LogP contribution in [-0.4, -0.2) is 0 Å². The van der Waals surface area contributed by atoms with E-state index >= 15 is 0 Å². The third-order valence-electron chi connectivity index (χ3n) is 3.26. The van der Waals surface area contributed by atoms with Crippen LogP contribution in [0, 0.1) is 13.8 Å². The zero-order valence-corrected chi connectivity index (χ0v) is 9.80. The molecule has 0 fully saturated rings. The van der Waals surface area contributed by atoms with Crippen molar-refractivity contribution in [3.05, 3.63) is 52.6 Å². The molecule has 0 amide bonds. The molecule has 0 aliphatic heterocycles. The van der Waals surface area contributed by atoms with Gasteiger partial charge in [-0.25, -0.2) is 0 Å². The lowest BCUT2D eigenvalue weighted by molar-refractivity contribution is 1.03. The molecule has 0 atom stereocenters. The minimum absolute atomic E-state index is 1.18. The van der Waals surface area contributed by atoms with E-state index < -0.39 is 0 Å². The summed E-state index contributed by atoms with van der Waals surface area (Å²) in [5.41, 5.74) is 7.11. The van der Waals surface area contributed by atoms with Crippen molar-refractivity contribution in [1.82, 2.24) is 0 Å². The Balaban J connectivity index is 2.45. The molecule has 0 aromatic heterocycles. The third-order valence-corrected chi connectivity index (χ3v) is 3.26. The van der Waals surface area contributed by atoms with Gasteiger partial charge in [0.1, 0.15) is 0 Å². The summed E-state index contributed by atoms with van der Waals surface area (Å²) in [6, 6.07) is 6.79. The van der Waals surface area contributed by atoms with E-state index in [0.717, 1.165) is 0 Å². The molecule has 0 N–H and O–H groups in total. The molecule has 0 spiro atoms. The van der Waals surface area contributed by atoms with Gasteiger partial charge in [0.2, 0.25) is 0 Å². The van der Waals surface area contributed by atoms with E-state index in [4.69, 9.17) is 0 Å². The van der Waals surface area contributed by atoms with Crippen molar-refractivity contribution in [2.24, 2.45) is 0 Å². The second-order valence-electron chi connectivity index (χ2n) is 4.40. The lowest BCUT2D eigenvalue weighted by Gasteiger charge is -2.14. The van der Waals surface area contributed by atoms with Crippen LogP contribution >= 0.6 is 0 Å². The van der Waals surface area contributed by atoms with Gasteiger partial charge in [0, 0.05) is 0 Å². The predicted molar refractivity (Wildman–Crippen MR) is 66.9 cm³/mol. The summed E-state index contributed by atoms with van der Waals surface area (Å²) in [4.78, 5) is 0. The molecule has 2 rings (SSSR count). The molecule has 1 aromatic carbocycles. The second kappa shape index (κ2) is 4.06. The normalized spacial score (nSPS) is 15.9. The van der Waals surface area contributed by atoms with Gasteiger partial charge >= 0.3 is 0 Å². The van der Waals surface area contributed by atoms with Crippen molar-refractivity contribution in [2.45, 2.75) is 33.6 Å². The summed E-state index contributed by atoms with van der Waals surface area (Å²) < 4.78 is 0. The molecular weight excluding hydrogens is 180 g/mol. The van der Waals surface area contributed by atoms with Crippen LogP contribution in [0.2, 0.25) is 0 Å². The topological polar surface area (TPSA) is 0 Å². The molecule has 0 saturated heterocycles. The molecule has 0 heterocycles. The van der Waals surface area contributed by atoms with Gasteiger partial charge in [0.05, 0.1) is 0 Å². The van der Waals surface area contributed by atoms with Crippen molar-refractivity contribution in [3.63, 3.8) is 0 Å². The third kappa shape index (κ3) is 2.04. The Morgan fingerprint density at radius 2 is 1.80 bits per heavy atom. The first kappa shape index (κ1) is 10.2. The van der Waals surface area contributed by atoms with Gasteiger partial charge in [-0.2, -0.15) is 0 Å². The predicted octanol–water partition coefficient (Wildman–Crippen LogP) is 4.43. The van der Waals surface area contributed by atoms with Gasteiger partial charge < -0.3 is 0 Å². The standard InChI is InChI=1S/C15H18/c1-11-8-9-14(10-13(11)3)15-7-5-4-6-12(15)2/h4,6,8-10H,5,7H2,1-3H3. The molecule has 78 valence electrons. The van der Waals surface area contributed by atoms with E-state index in [0.29, 0.717) is 0 Å². The first-order valence-corrected chi connectivity index (χ1v) is 5.62. The minimum Gasteiger partial charge on any atom is -0.0839 e. The molecule has 0 heteroatoms. The monoisotopic (exact) mass is 198 g/mol. The summed E-state index contributed by atoms with van der Waals surface area (Å²) >= 11 is 0. The summed E-state index contributed by atoms with van der Waals surface area (Å²) in [6.45, 7) is 6.56. The molecule has 0 radical (unpaired) electrons. The highest BCUT2D eigenvalue weighted by molar-refractivity contribution is 5.72. The molecule has 0 unspecified atom stereocenters. The van der Waals surface area contributed by atoms with Crippen LogP contribution in [0.1, 0.15) is 36.5 Å². The highest BCUT2D eigenvalue weighted by Crippen LogP contribution is 2.29. The van der Waals surface area contributed by atoms with Crippen LogP contribution in [0.4, 0.5) is 0 Å². The van der Waals surface area contributed by atoms with Crippen LogP contribution in [-0.2, 0) is 0 Å². The Labute approximate surface area is 92.3 Å². The Kier molecular flexibility index (Phi) is 2.77. The fourth-order valence-corrected chi connectivity index (χ4v) is 2.09. The van der Waals surface area contributed by atoms with E-state index in [9.17, 15) is 0 Å². The van der Waals surface area contributed by atoms with Crippen molar-refractivity contribution in [1.29, 1.82) is 0 Å². The van der Waals surface area contributed by atoms with Crippen molar-refractivity contribution in [3.8, 4) is 0 Å². The molecule has 0 saturated carbocycles. The van der Waals surface area contributed by atoms with Gasteiger partial charge in [0.15, 0.2) is 0 Å². The molecule has 1 aliphatic carbocycles. The number of allylic oxidation sites excluding steroid dienone is 4.